The molecule has 10 heteroatoms. The fraction of sp³-hybridized carbons (Fsp3) is 0.188. The second-order valence-electron chi connectivity index (χ2n) is 4.90. The van der Waals surface area contributed by atoms with E-state index in [9.17, 15) is 13.2 Å². The van der Waals surface area contributed by atoms with Crippen molar-refractivity contribution >= 4 is 21.7 Å². The summed E-state index contributed by atoms with van der Waals surface area (Å²) in [5.74, 6) is 0.939. The highest BCUT2D eigenvalue weighted by atomic mass is 32.2. The lowest BCUT2D eigenvalue weighted by Gasteiger charge is -2.14. The van der Waals surface area contributed by atoms with E-state index >= 15 is 0 Å². The molecular weight excluding hydrogens is 362 g/mol. The van der Waals surface area contributed by atoms with Crippen LogP contribution in [0.4, 0.5) is 10.5 Å². The molecule has 0 saturated heterocycles. The molecule has 2 aromatic carbocycles. The van der Waals surface area contributed by atoms with Crippen LogP contribution in [-0.4, -0.2) is 35.8 Å². The van der Waals surface area contributed by atoms with Gasteiger partial charge in [0.25, 0.3) is 10.0 Å². The molecule has 2 amide bonds. The summed E-state index contributed by atoms with van der Waals surface area (Å²) in [5.41, 5.74) is 2.45. The van der Waals surface area contributed by atoms with E-state index in [1.165, 1.54) is 39.5 Å². The van der Waals surface area contributed by atoms with E-state index in [2.05, 4.69) is 10.7 Å². The summed E-state index contributed by atoms with van der Waals surface area (Å²) >= 11 is 0. The average molecular weight is 381 g/mol. The summed E-state index contributed by atoms with van der Waals surface area (Å²) in [6.45, 7) is 0. The van der Waals surface area contributed by atoms with Crippen molar-refractivity contribution in [1.82, 2.24) is 10.3 Å². The zero-order valence-corrected chi connectivity index (χ0v) is 15.2. The van der Waals surface area contributed by atoms with Gasteiger partial charge in [-0.2, -0.15) is 0 Å². The lowest BCUT2D eigenvalue weighted by Crippen LogP contribution is -2.43. The van der Waals surface area contributed by atoms with Crippen LogP contribution in [0.1, 0.15) is 0 Å². The van der Waals surface area contributed by atoms with Gasteiger partial charge < -0.3 is 19.5 Å². The first-order valence-corrected chi connectivity index (χ1v) is 8.83. The zero-order chi connectivity index (χ0) is 19.2. The van der Waals surface area contributed by atoms with Crippen LogP contribution in [0.15, 0.2) is 47.4 Å². The van der Waals surface area contributed by atoms with Crippen molar-refractivity contribution in [1.29, 1.82) is 0 Å². The minimum Gasteiger partial charge on any atom is -0.497 e. The first-order valence-electron chi connectivity index (χ1n) is 7.35. The van der Waals surface area contributed by atoms with Gasteiger partial charge in [0, 0.05) is 6.07 Å². The van der Waals surface area contributed by atoms with Gasteiger partial charge in [-0.15, -0.1) is 4.83 Å². The highest BCUT2D eigenvalue weighted by Crippen LogP contribution is 2.28. The Balaban J connectivity index is 2.09. The number of hydrogen-bond acceptors (Lipinski definition) is 6. The number of rotatable bonds is 7. The third-order valence-corrected chi connectivity index (χ3v) is 4.60. The summed E-state index contributed by atoms with van der Waals surface area (Å²) in [4.78, 5) is 13.8. The molecule has 0 aromatic heterocycles. The number of carbonyl (C=O) groups is 1. The van der Waals surface area contributed by atoms with E-state index in [0.29, 0.717) is 17.2 Å². The maximum atomic E-state index is 12.4. The van der Waals surface area contributed by atoms with Crippen LogP contribution in [0.2, 0.25) is 0 Å². The van der Waals surface area contributed by atoms with Crippen molar-refractivity contribution in [3.8, 4) is 17.2 Å². The number of ether oxygens (including phenoxy) is 3. The molecule has 2 aromatic rings. The fourth-order valence-electron chi connectivity index (χ4n) is 2.07. The van der Waals surface area contributed by atoms with Gasteiger partial charge in [0.2, 0.25) is 0 Å². The van der Waals surface area contributed by atoms with Gasteiger partial charge in [-0.25, -0.2) is 13.2 Å². The predicted molar refractivity (Wildman–Crippen MR) is 95.0 cm³/mol. The van der Waals surface area contributed by atoms with Crippen LogP contribution in [0.25, 0.3) is 0 Å². The van der Waals surface area contributed by atoms with E-state index in [4.69, 9.17) is 14.2 Å². The molecule has 3 N–H and O–H groups in total. The Morgan fingerprint density at radius 3 is 2.27 bits per heavy atom. The van der Waals surface area contributed by atoms with Gasteiger partial charge in [0.05, 0.1) is 27.0 Å². The highest BCUT2D eigenvalue weighted by molar-refractivity contribution is 7.89. The number of anilines is 1. The van der Waals surface area contributed by atoms with Gasteiger partial charge >= 0.3 is 6.03 Å². The van der Waals surface area contributed by atoms with Crippen LogP contribution in [0.5, 0.6) is 17.2 Å². The number of amides is 2. The van der Waals surface area contributed by atoms with E-state index < -0.39 is 16.1 Å². The van der Waals surface area contributed by atoms with E-state index in [1.54, 1.807) is 24.3 Å². The van der Waals surface area contributed by atoms with Gasteiger partial charge in [0.15, 0.2) is 0 Å². The molecule has 0 saturated carbocycles. The van der Waals surface area contributed by atoms with Crippen LogP contribution < -0.4 is 29.8 Å². The van der Waals surface area contributed by atoms with Crippen LogP contribution >= 0.6 is 0 Å². The number of urea groups is 1. The van der Waals surface area contributed by atoms with Crippen molar-refractivity contribution in [2.45, 2.75) is 4.90 Å². The monoisotopic (exact) mass is 381 g/mol. The molecule has 0 unspecified atom stereocenters. The fourth-order valence-corrected chi connectivity index (χ4v) is 3.06. The van der Waals surface area contributed by atoms with Gasteiger partial charge in [-0.05, 0) is 24.3 Å². The molecular formula is C16H19N3O6S. The summed E-state index contributed by atoms with van der Waals surface area (Å²) in [7, 11) is 0.169. The number of para-hydroxylation sites is 2. The molecule has 0 aliphatic rings. The lowest BCUT2D eigenvalue weighted by molar-refractivity contribution is 0.250. The molecule has 0 bridgehead atoms. The maximum Gasteiger partial charge on any atom is 0.334 e. The average Bonchev–Trinajstić information content (AvgIpc) is 2.66. The number of methoxy groups -OCH3 is 3. The number of hydrazine groups is 1. The number of hydrogen-bond donors (Lipinski definition) is 3. The molecule has 9 nitrogen and oxygen atoms in total. The smallest absolute Gasteiger partial charge is 0.334 e. The molecule has 26 heavy (non-hydrogen) atoms. The molecule has 0 heterocycles. The Morgan fingerprint density at radius 1 is 0.923 bits per heavy atom. The number of nitrogens with one attached hydrogen (secondary N) is 3. The van der Waals surface area contributed by atoms with Gasteiger partial charge in [-0.1, -0.05) is 12.1 Å². The highest BCUT2D eigenvalue weighted by Gasteiger charge is 2.21. The summed E-state index contributed by atoms with van der Waals surface area (Å²) in [6, 6.07) is 10.1. The number of benzene rings is 2. The Morgan fingerprint density at radius 2 is 1.62 bits per heavy atom. The number of sulfonamides is 1. The van der Waals surface area contributed by atoms with Crippen LogP contribution in [0, 0.1) is 0 Å². The molecule has 0 fully saturated rings. The van der Waals surface area contributed by atoms with Crippen LogP contribution in [0.3, 0.4) is 0 Å². The Bertz CT molecular complexity index is 885. The molecule has 0 spiro atoms. The SMILES string of the molecule is COc1ccc(S(=O)(=O)NNC(=O)Nc2ccccc2OC)c(OC)c1. The zero-order valence-electron chi connectivity index (χ0n) is 14.4. The number of carbonyl (C=O) groups excluding carboxylic acids is 1. The van der Waals surface area contributed by atoms with Crippen molar-refractivity contribution in [2.24, 2.45) is 0 Å². The normalized spacial score (nSPS) is 10.7. The second-order valence-corrected chi connectivity index (χ2v) is 6.55. The molecule has 0 aliphatic carbocycles. The van der Waals surface area contributed by atoms with Gasteiger partial charge in [0.1, 0.15) is 22.1 Å². The third kappa shape index (κ3) is 4.55. The minimum atomic E-state index is -4.06. The van der Waals surface area contributed by atoms with Crippen molar-refractivity contribution in [2.75, 3.05) is 26.6 Å². The summed E-state index contributed by atoms with van der Waals surface area (Å²) in [6.07, 6.45) is 0. The quantitative estimate of drug-likeness (QED) is 0.629. The van der Waals surface area contributed by atoms with Crippen LogP contribution in [-0.2, 0) is 10.0 Å². The largest absolute Gasteiger partial charge is 0.497 e. The van der Waals surface area contributed by atoms with Crippen molar-refractivity contribution < 1.29 is 27.4 Å². The topological polar surface area (TPSA) is 115 Å². The Labute approximate surface area is 151 Å². The lowest BCUT2D eigenvalue weighted by atomic mass is 10.3. The minimum absolute atomic E-state index is 0.0730. The predicted octanol–water partition coefficient (Wildman–Crippen LogP) is 1.73. The Kier molecular flexibility index (Phi) is 6.26. The van der Waals surface area contributed by atoms with Crippen molar-refractivity contribution in [3.63, 3.8) is 0 Å². The third-order valence-electron chi connectivity index (χ3n) is 3.31. The summed E-state index contributed by atoms with van der Waals surface area (Å²) in [5, 5.41) is 2.48. The standard InChI is InChI=1S/C16H19N3O6S/c1-23-11-8-9-15(14(10-11)25-3)26(21,22)19-18-16(20)17-12-6-4-5-7-13(12)24-2/h4-10,19H,1-3H3,(H2,17,18,20). The first-order chi connectivity index (χ1) is 12.4. The van der Waals surface area contributed by atoms with E-state index in [1.807, 2.05) is 4.83 Å². The van der Waals surface area contributed by atoms with E-state index in [0.717, 1.165) is 0 Å². The van der Waals surface area contributed by atoms with Gasteiger partial charge in [-0.3, -0.25) is 5.43 Å². The van der Waals surface area contributed by atoms with E-state index in [-0.39, 0.29) is 10.6 Å². The molecule has 0 radical (unpaired) electrons. The second kappa shape index (κ2) is 8.41. The molecule has 0 aliphatic heterocycles. The maximum absolute atomic E-state index is 12.4. The van der Waals surface area contributed by atoms with Crippen molar-refractivity contribution in [3.05, 3.63) is 42.5 Å². The molecule has 2 rings (SSSR count). The molecule has 0 atom stereocenters. The molecule has 140 valence electrons. The summed E-state index contributed by atoms with van der Waals surface area (Å²) < 4.78 is 40.0. The first kappa shape index (κ1) is 19.3. The Hall–Kier alpha value is -2.98.